The van der Waals surface area contributed by atoms with Gasteiger partial charge in [0, 0.05) is 29.6 Å². The van der Waals surface area contributed by atoms with Crippen LogP contribution in [0.1, 0.15) is 65.2 Å². The molecule has 4 aliphatic carbocycles. The van der Waals surface area contributed by atoms with Crippen LogP contribution in [0.25, 0.3) is 0 Å². The Hall–Kier alpha value is -1.40. The number of fused-ring (bicyclic) bond motifs is 3. The minimum atomic E-state index is -0.561. The molecule has 0 bridgehead atoms. The lowest BCUT2D eigenvalue weighted by Gasteiger charge is -2.59. The van der Waals surface area contributed by atoms with E-state index in [0.717, 1.165) is 44.3 Å². The van der Waals surface area contributed by atoms with Crippen molar-refractivity contribution in [1.29, 1.82) is 0 Å². The van der Waals surface area contributed by atoms with Crippen molar-refractivity contribution >= 4 is 11.8 Å². The molecular weight excluding hydrogens is 396 g/mol. The smallest absolute Gasteiger partial charge is 0.309 e. The zero-order valence-electron chi connectivity index (χ0n) is 18.7. The van der Waals surface area contributed by atoms with Crippen molar-refractivity contribution in [3.63, 3.8) is 0 Å². The molecule has 168 valence electrons. The third-order valence-electron chi connectivity index (χ3n) is 11.3. The predicted molar refractivity (Wildman–Crippen MR) is 109 cm³/mol. The molecule has 0 radical (unpaired) electrons. The van der Waals surface area contributed by atoms with Crippen LogP contribution in [0, 0.1) is 28.6 Å². The Kier molecular flexibility index (Phi) is 3.22. The van der Waals surface area contributed by atoms with E-state index in [0.29, 0.717) is 18.8 Å². The molecule has 3 spiro atoms. The van der Waals surface area contributed by atoms with Gasteiger partial charge in [0.25, 0.3) is 0 Å². The highest BCUT2D eigenvalue weighted by molar-refractivity contribution is 5.89. The fraction of sp³-hybridized carbons (Fsp3) is 0.840. The lowest BCUT2D eigenvalue weighted by Crippen LogP contribution is -2.68. The van der Waals surface area contributed by atoms with E-state index in [1.807, 2.05) is 0 Å². The molecule has 3 saturated heterocycles. The summed E-state index contributed by atoms with van der Waals surface area (Å²) >= 11 is 0. The molecule has 0 aromatic carbocycles. The molecule has 3 heterocycles. The highest BCUT2D eigenvalue weighted by Crippen LogP contribution is 2.82. The summed E-state index contributed by atoms with van der Waals surface area (Å²) in [5, 5.41) is 0. The molecule has 3 aliphatic heterocycles. The first-order valence-electron chi connectivity index (χ1n) is 12.0. The molecular formula is C25H32O6. The first-order chi connectivity index (χ1) is 14.7. The van der Waals surface area contributed by atoms with Crippen LogP contribution in [-0.4, -0.2) is 47.9 Å². The molecule has 7 rings (SSSR count). The highest BCUT2D eigenvalue weighted by Gasteiger charge is 2.91. The summed E-state index contributed by atoms with van der Waals surface area (Å²) in [6.07, 6.45) is 6.53. The molecule has 0 N–H and O–H groups in total. The number of ether oxygens (including phenoxy) is 4. The first-order valence-corrected chi connectivity index (χ1v) is 12.0. The summed E-state index contributed by atoms with van der Waals surface area (Å²) in [6, 6.07) is 0. The van der Waals surface area contributed by atoms with Gasteiger partial charge in [-0.25, -0.2) is 0 Å². The standard InChI is InChI=1S/C25H32O6/c1-13-5-9-23(29-13)10-6-15-18-14(20(27)28-4)11-24-19(31-24)16(26)7-8-22(24,3)25(18)17(30-25)12-21(15,23)2/h14-15,17-19H,1,5-12H2,2-4H3/t14-,15?,17-,18?,19-,21+,22+,23+,24-,25-/m1/s1. The van der Waals surface area contributed by atoms with E-state index in [2.05, 4.69) is 20.4 Å². The Morgan fingerprint density at radius 1 is 1.13 bits per heavy atom. The third kappa shape index (κ3) is 1.78. The van der Waals surface area contributed by atoms with Crippen molar-refractivity contribution in [2.24, 2.45) is 28.6 Å². The minimum Gasteiger partial charge on any atom is -0.492 e. The van der Waals surface area contributed by atoms with Gasteiger partial charge in [0.1, 0.15) is 22.9 Å². The second-order valence-corrected chi connectivity index (χ2v) is 11.8. The van der Waals surface area contributed by atoms with Crippen LogP contribution >= 0.6 is 0 Å². The molecule has 31 heavy (non-hydrogen) atoms. The Balaban J connectivity index is 1.37. The summed E-state index contributed by atoms with van der Waals surface area (Å²) < 4.78 is 24.8. The average Bonchev–Trinajstić information content (AvgIpc) is 3.59. The topological polar surface area (TPSA) is 77.7 Å². The molecule has 6 heteroatoms. The minimum absolute atomic E-state index is 0.0524. The van der Waals surface area contributed by atoms with E-state index in [9.17, 15) is 9.59 Å². The zero-order chi connectivity index (χ0) is 21.6. The van der Waals surface area contributed by atoms with E-state index >= 15 is 0 Å². The number of carbonyl (C=O) groups excluding carboxylic acids is 2. The average molecular weight is 429 g/mol. The van der Waals surface area contributed by atoms with E-state index in [1.54, 1.807) is 0 Å². The van der Waals surface area contributed by atoms with Crippen LogP contribution in [0.4, 0.5) is 0 Å². The van der Waals surface area contributed by atoms with Gasteiger partial charge in [-0.3, -0.25) is 9.59 Å². The lowest BCUT2D eigenvalue weighted by atomic mass is 9.41. The van der Waals surface area contributed by atoms with Gasteiger partial charge in [-0.2, -0.15) is 0 Å². The number of hydrogen-bond donors (Lipinski definition) is 0. The SMILES string of the molecule is C=C1CC[C@@]2(CCC3C4[C@H](C(=O)OC)C[C@@]56O[C@@H]5C(=O)CC[C@]6(C)[C@]45O[C@@H]5C[C@@]32C)O1. The molecule has 6 nitrogen and oxygen atoms in total. The third-order valence-corrected chi connectivity index (χ3v) is 11.3. The van der Waals surface area contributed by atoms with Crippen LogP contribution in [0.3, 0.4) is 0 Å². The summed E-state index contributed by atoms with van der Waals surface area (Å²) in [6.45, 7) is 8.77. The van der Waals surface area contributed by atoms with Crippen molar-refractivity contribution in [2.45, 2.75) is 94.2 Å². The van der Waals surface area contributed by atoms with Gasteiger partial charge in [-0.05, 0) is 44.4 Å². The maximum absolute atomic E-state index is 13.2. The van der Waals surface area contributed by atoms with Crippen molar-refractivity contribution in [3.05, 3.63) is 12.3 Å². The normalized spacial score (nSPS) is 60.3. The number of carbonyl (C=O) groups is 2. The van der Waals surface area contributed by atoms with E-state index in [-0.39, 0.29) is 52.2 Å². The molecule has 0 amide bonds. The quantitative estimate of drug-likeness (QED) is 0.471. The summed E-state index contributed by atoms with van der Waals surface area (Å²) in [4.78, 5) is 25.8. The number of allylic oxidation sites excluding steroid dienone is 1. The van der Waals surface area contributed by atoms with Crippen LogP contribution in [0.2, 0.25) is 0 Å². The van der Waals surface area contributed by atoms with Gasteiger partial charge in [-0.1, -0.05) is 20.4 Å². The first kappa shape index (κ1) is 19.1. The van der Waals surface area contributed by atoms with E-state index < -0.39 is 11.2 Å². The summed E-state index contributed by atoms with van der Waals surface area (Å²) in [5.41, 5.74) is -1.44. The fourth-order valence-electron chi connectivity index (χ4n) is 9.72. The van der Waals surface area contributed by atoms with Crippen LogP contribution in [0.5, 0.6) is 0 Å². The van der Waals surface area contributed by atoms with Crippen molar-refractivity contribution in [1.82, 2.24) is 0 Å². The largest absolute Gasteiger partial charge is 0.492 e. The number of Topliss-reactive ketones (excluding diaryl/α,β-unsaturated/α-hetero) is 1. The second kappa shape index (κ2) is 5.22. The Morgan fingerprint density at radius 2 is 1.94 bits per heavy atom. The molecule has 7 fully saturated rings. The number of epoxide rings is 2. The van der Waals surface area contributed by atoms with E-state index in [1.165, 1.54) is 7.11 Å². The molecule has 10 atom stereocenters. The second-order valence-electron chi connectivity index (χ2n) is 11.8. The van der Waals surface area contributed by atoms with Gasteiger partial charge in [0.2, 0.25) is 0 Å². The van der Waals surface area contributed by atoms with Gasteiger partial charge >= 0.3 is 5.97 Å². The molecule has 7 aliphatic rings. The van der Waals surface area contributed by atoms with Gasteiger partial charge in [-0.15, -0.1) is 0 Å². The number of rotatable bonds is 1. The number of hydrogen-bond acceptors (Lipinski definition) is 6. The maximum Gasteiger partial charge on any atom is 0.309 e. The Bertz CT molecular complexity index is 944. The molecule has 0 aromatic heterocycles. The molecule has 4 saturated carbocycles. The van der Waals surface area contributed by atoms with Gasteiger partial charge in [0.05, 0.1) is 24.9 Å². The van der Waals surface area contributed by atoms with Crippen molar-refractivity contribution in [3.8, 4) is 0 Å². The van der Waals surface area contributed by atoms with Gasteiger partial charge in [0.15, 0.2) is 5.78 Å². The van der Waals surface area contributed by atoms with Crippen molar-refractivity contribution in [2.75, 3.05) is 7.11 Å². The highest BCUT2D eigenvalue weighted by atomic mass is 16.6. The monoisotopic (exact) mass is 428 g/mol. The van der Waals surface area contributed by atoms with Crippen LogP contribution < -0.4 is 0 Å². The number of esters is 1. The van der Waals surface area contributed by atoms with Gasteiger partial charge < -0.3 is 18.9 Å². The lowest BCUT2D eigenvalue weighted by molar-refractivity contribution is -0.178. The summed E-state index contributed by atoms with van der Waals surface area (Å²) in [5.74, 6) is 1.01. The number of ketones is 1. The summed E-state index contributed by atoms with van der Waals surface area (Å²) in [7, 11) is 1.48. The molecule has 0 aromatic rings. The van der Waals surface area contributed by atoms with Crippen LogP contribution in [-0.2, 0) is 28.5 Å². The van der Waals surface area contributed by atoms with E-state index in [4.69, 9.17) is 18.9 Å². The maximum atomic E-state index is 13.2. The zero-order valence-corrected chi connectivity index (χ0v) is 18.7. The molecule has 2 unspecified atom stereocenters. The Morgan fingerprint density at radius 3 is 2.65 bits per heavy atom. The number of methoxy groups -OCH3 is 1. The fourth-order valence-corrected chi connectivity index (χ4v) is 9.72. The van der Waals surface area contributed by atoms with Crippen LogP contribution in [0.15, 0.2) is 12.3 Å². The van der Waals surface area contributed by atoms with Crippen molar-refractivity contribution < 1.29 is 28.5 Å². The Labute approximate surface area is 183 Å². The predicted octanol–water partition coefficient (Wildman–Crippen LogP) is 3.32.